The predicted molar refractivity (Wildman–Crippen MR) is 92.7 cm³/mol. The van der Waals surface area contributed by atoms with Crippen molar-refractivity contribution in [3.8, 4) is 5.75 Å². The second kappa shape index (κ2) is 8.47. The van der Waals surface area contributed by atoms with E-state index in [1.807, 2.05) is 44.2 Å². The molecule has 0 fully saturated rings. The van der Waals surface area contributed by atoms with Gasteiger partial charge in [0.1, 0.15) is 22.9 Å². The molecule has 0 saturated carbocycles. The molecule has 2 unspecified atom stereocenters. The highest BCUT2D eigenvalue weighted by atomic mass is 32.2. The Morgan fingerprint density at radius 3 is 2.64 bits per heavy atom. The minimum Gasteiger partial charge on any atom is -0.491 e. The van der Waals surface area contributed by atoms with Gasteiger partial charge in [-0.1, -0.05) is 12.1 Å². The highest BCUT2D eigenvalue weighted by molar-refractivity contribution is 7.94. The second-order valence-corrected chi connectivity index (χ2v) is 6.41. The van der Waals surface area contributed by atoms with Crippen molar-refractivity contribution in [3.05, 3.63) is 53.7 Å². The van der Waals surface area contributed by atoms with Crippen LogP contribution in [-0.4, -0.2) is 11.1 Å². The number of nitrogens with zero attached hydrogens (tertiary/aromatic N) is 1. The van der Waals surface area contributed by atoms with E-state index < -0.39 is 0 Å². The van der Waals surface area contributed by atoms with Crippen molar-refractivity contribution in [2.45, 2.75) is 37.3 Å². The van der Waals surface area contributed by atoms with E-state index in [4.69, 9.17) is 4.74 Å². The van der Waals surface area contributed by atoms with Gasteiger partial charge in [-0.25, -0.2) is 4.98 Å². The predicted octanol–water partition coefficient (Wildman–Crippen LogP) is 4.51. The van der Waals surface area contributed by atoms with Gasteiger partial charge in [0.05, 0.1) is 6.10 Å². The first kappa shape index (κ1) is 17.2. The number of aromatic nitrogens is 1. The van der Waals surface area contributed by atoms with Crippen molar-refractivity contribution in [2.75, 3.05) is 0 Å². The molecule has 0 radical (unpaired) electrons. The maximum absolute atomic E-state index is 12.5. The summed E-state index contributed by atoms with van der Waals surface area (Å²) in [6.07, 6.45) is 1.79. The van der Waals surface area contributed by atoms with Crippen molar-refractivity contribution >= 4 is 21.4 Å². The van der Waals surface area contributed by atoms with Crippen LogP contribution in [0.15, 0.2) is 47.6 Å². The number of rotatable bonds is 7. The van der Waals surface area contributed by atoms with Crippen LogP contribution < -0.4 is 10.1 Å². The maximum Gasteiger partial charge on any atom is 0.129 e. The zero-order chi connectivity index (χ0) is 15.9. The molecule has 0 amide bonds. The molecule has 0 spiro atoms. The van der Waals surface area contributed by atoms with Crippen LogP contribution in [0.5, 0.6) is 5.75 Å². The number of halogens is 1. The standard InChI is InChI=1S/C16H20FN2OPS/c1-11(2)20-14-5-3-13(4-6-14)16(21)19-10-12-7-8-18-15(9-12)22-17/h3-9,11,16,19H,10,21H2,1-2H3. The van der Waals surface area contributed by atoms with Gasteiger partial charge in [-0.05, 0) is 49.2 Å². The van der Waals surface area contributed by atoms with Crippen LogP contribution in [0.4, 0.5) is 3.89 Å². The molecule has 2 aromatic rings. The monoisotopic (exact) mass is 338 g/mol. The SMILES string of the molecule is CC(C)Oc1ccc(C(P)NCc2ccnc(SF)c2)cc1. The summed E-state index contributed by atoms with van der Waals surface area (Å²) in [5.74, 6) is 0.984. The van der Waals surface area contributed by atoms with Crippen LogP contribution in [0.2, 0.25) is 0 Å². The maximum atomic E-state index is 12.5. The minimum atomic E-state index is 0.114. The molecule has 3 nitrogen and oxygen atoms in total. The minimum absolute atomic E-state index is 0.114. The van der Waals surface area contributed by atoms with Gasteiger partial charge >= 0.3 is 0 Å². The van der Waals surface area contributed by atoms with Gasteiger partial charge in [0.2, 0.25) is 0 Å². The fourth-order valence-corrected chi connectivity index (χ4v) is 2.61. The molecule has 1 heterocycles. The third-order valence-electron chi connectivity index (χ3n) is 3.02. The highest BCUT2D eigenvalue weighted by Crippen LogP contribution is 2.24. The van der Waals surface area contributed by atoms with Crippen LogP contribution in [-0.2, 0) is 6.54 Å². The summed E-state index contributed by atoms with van der Waals surface area (Å²) in [6.45, 7) is 4.66. The molecule has 1 N–H and O–H groups in total. The molecular formula is C16H20FN2OPS. The van der Waals surface area contributed by atoms with E-state index in [-0.39, 0.29) is 24.0 Å². The summed E-state index contributed by atoms with van der Waals surface area (Å²) in [7, 11) is 2.77. The lowest BCUT2D eigenvalue weighted by Crippen LogP contribution is -2.16. The molecule has 1 aromatic heterocycles. The van der Waals surface area contributed by atoms with E-state index in [2.05, 4.69) is 19.5 Å². The molecule has 1 aromatic carbocycles. The van der Waals surface area contributed by atoms with Gasteiger partial charge in [-0.3, -0.25) is 0 Å². The molecule has 6 heteroatoms. The van der Waals surface area contributed by atoms with E-state index in [1.54, 1.807) is 12.3 Å². The van der Waals surface area contributed by atoms with Gasteiger partial charge in [-0.15, -0.1) is 9.24 Å². The quantitative estimate of drug-likeness (QED) is 0.753. The van der Waals surface area contributed by atoms with Crippen molar-refractivity contribution in [2.24, 2.45) is 0 Å². The fraction of sp³-hybridized carbons (Fsp3) is 0.312. The largest absolute Gasteiger partial charge is 0.491 e. The number of benzene rings is 1. The number of ether oxygens (including phenoxy) is 1. The summed E-state index contributed by atoms with van der Waals surface area (Å²) < 4.78 is 18.1. The summed E-state index contributed by atoms with van der Waals surface area (Å²) in [4.78, 5) is 3.92. The number of pyridine rings is 1. The van der Waals surface area contributed by atoms with Crippen molar-refractivity contribution in [3.63, 3.8) is 0 Å². The molecule has 22 heavy (non-hydrogen) atoms. The van der Waals surface area contributed by atoms with Gasteiger partial charge in [0.15, 0.2) is 0 Å². The lowest BCUT2D eigenvalue weighted by Gasteiger charge is -2.16. The summed E-state index contributed by atoms with van der Waals surface area (Å²) in [5.41, 5.74) is 2.15. The molecular weight excluding hydrogens is 318 g/mol. The highest BCUT2D eigenvalue weighted by Gasteiger charge is 2.06. The van der Waals surface area contributed by atoms with Crippen molar-refractivity contribution in [1.82, 2.24) is 10.3 Å². The van der Waals surface area contributed by atoms with E-state index in [0.717, 1.165) is 16.9 Å². The van der Waals surface area contributed by atoms with Crippen LogP contribution in [0.25, 0.3) is 0 Å². The zero-order valence-corrected chi connectivity index (χ0v) is 14.6. The molecule has 0 aliphatic rings. The molecule has 2 rings (SSSR count). The number of nitrogens with one attached hydrogen (secondary N) is 1. The van der Waals surface area contributed by atoms with Gasteiger partial charge < -0.3 is 10.1 Å². The molecule has 0 saturated heterocycles. The Morgan fingerprint density at radius 2 is 2.00 bits per heavy atom. The van der Waals surface area contributed by atoms with Gasteiger partial charge in [0, 0.05) is 18.5 Å². The Bertz CT molecular complexity index is 595. The van der Waals surface area contributed by atoms with E-state index in [1.165, 1.54) is 0 Å². The smallest absolute Gasteiger partial charge is 0.129 e. The number of hydrogen-bond acceptors (Lipinski definition) is 4. The Morgan fingerprint density at radius 1 is 1.27 bits per heavy atom. The van der Waals surface area contributed by atoms with E-state index >= 15 is 0 Å². The zero-order valence-electron chi connectivity index (χ0n) is 12.6. The lowest BCUT2D eigenvalue weighted by atomic mass is 10.2. The second-order valence-electron chi connectivity index (χ2n) is 5.17. The Kier molecular flexibility index (Phi) is 6.62. The summed E-state index contributed by atoms with van der Waals surface area (Å²) in [6, 6.07) is 11.6. The fourth-order valence-electron chi connectivity index (χ4n) is 1.97. The first-order valence-electron chi connectivity index (χ1n) is 7.07. The van der Waals surface area contributed by atoms with Crippen LogP contribution in [0.3, 0.4) is 0 Å². The Hall–Kier alpha value is -1.16. The molecule has 118 valence electrons. The summed E-state index contributed by atoms with van der Waals surface area (Å²) in [5, 5.41) is 3.77. The van der Waals surface area contributed by atoms with Crippen LogP contribution >= 0.6 is 21.4 Å². The first-order chi connectivity index (χ1) is 10.6. The van der Waals surface area contributed by atoms with Gasteiger partial charge in [0.25, 0.3) is 0 Å². The van der Waals surface area contributed by atoms with E-state index in [0.29, 0.717) is 11.6 Å². The first-order valence-corrected chi connectivity index (χ1v) is 8.46. The lowest BCUT2D eigenvalue weighted by molar-refractivity contribution is 0.242. The average Bonchev–Trinajstić information content (AvgIpc) is 2.53. The van der Waals surface area contributed by atoms with E-state index in [9.17, 15) is 3.89 Å². The third-order valence-corrected chi connectivity index (χ3v) is 4.02. The van der Waals surface area contributed by atoms with Crippen LogP contribution in [0, 0.1) is 0 Å². The topological polar surface area (TPSA) is 34.1 Å². The Labute approximate surface area is 137 Å². The number of hydrogen-bond donors (Lipinski definition) is 1. The van der Waals surface area contributed by atoms with Crippen LogP contribution in [0.1, 0.15) is 30.8 Å². The molecule has 0 aliphatic carbocycles. The third kappa shape index (κ3) is 5.24. The Balaban J connectivity index is 1.92. The van der Waals surface area contributed by atoms with Gasteiger partial charge in [-0.2, -0.15) is 3.89 Å². The molecule has 2 atom stereocenters. The molecule has 0 bridgehead atoms. The summed E-state index contributed by atoms with van der Waals surface area (Å²) >= 11 is 0.162. The normalized spacial score (nSPS) is 12.4. The molecule has 0 aliphatic heterocycles. The van der Waals surface area contributed by atoms with Crippen molar-refractivity contribution < 1.29 is 8.62 Å². The van der Waals surface area contributed by atoms with Crippen molar-refractivity contribution in [1.29, 1.82) is 0 Å². The average molecular weight is 338 g/mol.